The van der Waals surface area contributed by atoms with Crippen molar-refractivity contribution in [3.63, 3.8) is 0 Å². The predicted molar refractivity (Wildman–Crippen MR) is 34.0 cm³/mol. The Bertz CT molecular complexity index is 73.5. The molecule has 0 aromatic rings. The third-order valence-electron chi connectivity index (χ3n) is 0.756. The Morgan fingerprint density at radius 2 is 2.00 bits per heavy atom. The summed E-state index contributed by atoms with van der Waals surface area (Å²) in [5, 5.41) is 0. The van der Waals surface area contributed by atoms with E-state index >= 15 is 0 Å². The molecule has 9 heavy (non-hydrogen) atoms. The summed E-state index contributed by atoms with van der Waals surface area (Å²) in [4.78, 5) is 10.3. The summed E-state index contributed by atoms with van der Waals surface area (Å²) in [6.45, 7) is 4.33. The van der Waals surface area contributed by atoms with Gasteiger partial charge in [0.05, 0.1) is 6.61 Å². The van der Waals surface area contributed by atoms with E-state index in [4.69, 9.17) is 4.74 Å². The number of esters is 1. The number of carbonyl (C=O) groups excluding carboxylic acids is 1. The topological polar surface area (TPSA) is 26.3 Å². The molecule has 0 aromatic heterocycles. The van der Waals surface area contributed by atoms with Crippen LogP contribution >= 0.6 is 0 Å². The van der Waals surface area contributed by atoms with Gasteiger partial charge in [-0.05, 0) is 6.42 Å². The van der Waals surface area contributed by atoms with Gasteiger partial charge in [0, 0.05) is 6.42 Å². The zero-order valence-corrected chi connectivity index (χ0v) is 5.85. The van der Waals surface area contributed by atoms with Gasteiger partial charge in [-0.2, -0.15) is 0 Å². The molecule has 0 saturated carbocycles. The molecule has 0 saturated heterocycles. The Balaban J connectivity index is 0. The molecule has 0 fully saturated rings. The highest BCUT2D eigenvalue weighted by atomic mass is 19.0. The molecule has 0 heterocycles. The molecule has 0 aliphatic heterocycles. The highest BCUT2D eigenvalue weighted by Crippen LogP contribution is 1.85. The molecule has 0 spiro atoms. The van der Waals surface area contributed by atoms with Gasteiger partial charge < -0.3 is 4.74 Å². The monoisotopic (exact) mass is 136 g/mol. The summed E-state index contributed by atoms with van der Waals surface area (Å²) in [7, 11) is 0. The number of rotatable bonds is 3. The maximum Gasteiger partial charge on any atom is 0.305 e. The first-order valence-electron chi connectivity index (χ1n) is 2.96. The number of hydrogen-bond acceptors (Lipinski definition) is 2. The van der Waals surface area contributed by atoms with Gasteiger partial charge in [0.1, 0.15) is 0 Å². The molecule has 0 amide bonds. The third kappa shape index (κ3) is 7.40. The lowest BCUT2D eigenvalue weighted by atomic mass is 10.5. The maximum atomic E-state index is 10.3. The Kier molecular flexibility index (Phi) is 9.23. The number of hydrogen-bond donors (Lipinski definition) is 0. The Labute approximate surface area is 54.6 Å². The molecule has 0 unspecified atom stereocenters. The quantitative estimate of drug-likeness (QED) is 0.549. The standard InChI is InChI=1S/C6H12O2.FH/c1-3-5-8-6(7)4-2;/h3-5H2,1-2H3;1H. The van der Waals surface area contributed by atoms with Gasteiger partial charge in [-0.1, -0.05) is 13.8 Å². The first-order valence-corrected chi connectivity index (χ1v) is 2.96. The lowest BCUT2D eigenvalue weighted by molar-refractivity contribution is -0.143. The first-order chi connectivity index (χ1) is 3.81. The molecule has 56 valence electrons. The van der Waals surface area contributed by atoms with E-state index in [1.165, 1.54) is 0 Å². The van der Waals surface area contributed by atoms with Crippen LogP contribution in [0.15, 0.2) is 0 Å². The van der Waals surface area contributed by atoms with Crippen LogP contribution in [-0.2, 0) is 9.53 Å². The zero-order valence-electron chi connectivity index (χ0n) is 5.85. The van der Waals surface area contributed by atoms with Crippen LogP contribution in [0.2, 0.25) is 0 Å². The van der Waals surface area contributed by atoms with E-state index < -0.39 is 0 Å². The van der Waals surface area contributed by atoms with E-state index in [0.717, 1.165) is 6.42 Å². The van der Waals surface area contributed by atoms with Crippen molar-refractivity contribution < 1.29 is 14.2 Å². The lowest BCUT2D eigenvalue weighted by Crippen LogP contribution is -2.02. The fraction of sp³-hybridized carbons (Fsp3) is 0.833. The fourth-order valence-electron chi connectivity index (χ4n) is 0.318. The van der Waals surface area contributed by atoms with Gasteiger partial charge in [0.15, 0.2) is 0 Å². The van der Waals surface area contributed by atoms with Crippen LogP contribution in [0.1, 0.15) is 26.7 Å². The molecule has 2 nitrogen and oxygen atoms in total. The normalized spacial score (nSPS) is 7.78. The zero-order chi connectivity index (χ0) is 6.41. The van der Waals surface area contributed by atoms with Crippen LogP contribution in [-0.4, -0.2) is 12.6 Å². The van der Waals surface area contributed by atoms with Crippen molar-refractivity contribution in [2.24, 2.45) is 0 Å². The van der Waals surface area contributed by atoms with Crippen LogP contribution in [0.3, 0.4) is 0 Å². The summed E-state index contributed by atoms with van der Waals surface area (Å²) in [6, 6.07) is 0. The summed E-state index contributed by atoms with van der Waals surface area (Å²) in [5.74, 6) is -0.105. The molecule has 3 heteroatoms. The second kappa shape index (κ2) is 7.40. The summed E-state index contributed by atoms with van der Waals surface area (Å²) < 4.78 is 4.70. The highest BCUT2D eigenvalue weighted by molar-refractivity contribution is 5.68. The van der Waals surface area contributed by atoms with Crippen molar-refractivity contribution in [3.8, 4) is 0 Å². The van der Waals surface area contributed by atoms with E-state index in [-0.39, 0.29) is 10.7 Å². The number of carbonyl (C=O) groups is 1. The minimum atomic E-state index is -0.105. The van der Waals surface area contributed by atoms with Gasteiger partial charge in [0.2, 0.25) is 0 Å². The van der Waals surface area contributed by atoms with Gasteiger partial charge in [-0.15, -0.1) is 0 Å². The molecule has 0 bridgehead atoms. The third-order valence-corrected chi connectivity index (χ3v) is 0.756. The number of ether oxygens (including phenoxy) is 1. The highest BCUT2D eigenvalue weighted by Gasteiger charge is 1.93. The molecule has 0 aliphatic rings. The molecular formula is C6H13FO2. The van der Waals surface area contributed by atoms with Crippen molar-refractivity contribution in [2.75, 3.05) is 6.61 Å². The molecule has 0 rings (SSSR count). The second-order valence-corrected chi connectivity index (χ2v) is 1.57. The average molecular weight is 136 g/mol. The smallest absolute Gasteiger partial charge is 0.305 e. The summed E-state index contributed by atoms with van der Waals surface area (Å²) >= 11 is 0. The van der Waals surface area contributed by atoms with E-state index in [1.54, 1.807) is 6.92 Å². The fourth-order valence-corrected chi connectivity index (χ4v) is 0.318. The van der Waals surface area contributed by atoms with Crippen LogP contribution < -0.4 is 0 Å². The largest absolute Gasteiger partial charge is 0.466 e. The Morgan fingerprint density at radius 1 is 1.44 bits per heavy atom. The molecule has 0 aliphatic carbocycles. The van der Waals surface area contributed by atoms with Crippen molar-refractivity contribution in [2.45, 2.75) is 26.7 Å². The van der Waals surface area contributed by atoms with Crippen LogP contribution in [0, 0.1) is 0 Å². The van der Waals surface area contributed by atoms with Crippen LogP contribution in [0.5, 0.6) is 0 Å². The van der Waals surface area contributed by atoms with Gasteiger partial charge in [-0.3, -0.25) is 9.50 Å². The first kappa shape index (κ1) is 11.2. The lowest BCUT2D eigenvalue weighted by Gasteiger charge is -1.97. The van der Waals surface area contributed by atoms with E-state index in [0.29, 0.717) is 13.0 Å². The van der Waals surface area contributed by atoms with E-state index in [1.807, 2.05) is 6.92 Å². The SMILES string of the molecule is CCCOC(=O)CC.F. The predicted octanol–water partition coefficient (Wildman–Crippen LogP) is 1.50. The Morgan fingerprint density at radius 3 is 2.33 bits per heavy atom. The minimum absolute atomic E-state index is 0. The van der Waals surface area contributed by atoms with Gasteiger partial charge >= 0.3 is 5.97 Å². The van der Waals surface area contributed by atoms with Crippen molar-refractivity contribution >= 4 is 5.97 Å². The molecule has 0 N–H and O–H groups in total. The van der Waals surface area contributed by atoms with Gasteiger partial charge in [0.25, 0.3) is 0 Å². The van der Waals surface area contributed by atoms with Crippen molar-refractivity contribution in [1.29, 1.82) is 0 Å². The summed E-state index contributed by atoms with van der Waals surface area (Å²) in [5.41, 5.74) is 0. The summed E-state index contributed by atoms with van der Waals surface area (Å²) in [6.07, 6.45) is 1.39. The maximum absolute atomic E-state index is 10.3. The van der Waals surface area contributed by atoms with Crippen LogP contribution in [0.4, 0.5) is 4.70 Å². The molecule has 0 aromatic carbocycles. The molecule has 0 radical (unpaired) electrons. The minimum Gasteiger partial charge on any atom is -0.466 e. The van der Waals surface area contributed by atoms with E-state index in [9.17, 15) is 4.79 Å². The average Bonchev–Trinajstić information content (AvgIpc) is 1.83. The second-order valence-electron chi connectivity index (χ2n) is 1.57. The molecular weight excluding hydrogens is 123 g/mol. The van der Waals surface area contributed by atoms with Gasteiger partial charge in [-0.25, -0.2) is 0 Å². The van der Waals surface area contributed by atoms with E-state index in [2.05, 4.69) is 0 Å². The number of halogens is 1. The van der Waals surface area contributed by atoms with Crippen LogP contribution in [0.25, 0.3) is 0 Å². The van der Waals surface area contributed by atoms with Crippen molar-refractivity contribution in [3.05, 3.63) is 0 Å². The molecule has 0 atom stereocenters. The van der Waals surface area contributed by atoms with Crippen molar-refractivity contribution in [1.82, 2.24) is 0 Å². The Hall–Kier alpha value is -0.600.